The molecule has 0 saturated heterocycles. The molecule has 0 aliphatic carbocycles. The van der Waals surface area contributed by atoms with Crippen LogP contribution in [0, 0.1) is 17.0 Å². The molecule has 0 aromatic carbocycles. The Morgan fingerprint density at radius 2 is 2.23 bits per heavy atom. The Morgan fingerprint density at radius 3 is 2.46 bits per heavy atom. The second-order valence-corrected chi connectivity index (χ2v) is 3.54. The number of carboxylic acid groups (broad SMARTS) is 1. The Hall–Kier alpha value is -1.63. The first-order valence-corrected chi connectivity index (χ1v) is 4.03. The van der Waals surface area contributed by atoms with Gasteiger partial charge in [-0.15, -0.1) is 11.3 Å². The van der Waals surface area contributed by atoms with Crippen molar-refractivity contribution in [2.75, 3.05) is 5.73 Å². The van der Waals surface area contributed by atoms with Crippen molar-refractivity contribution in [3.8, 4) is 0 Å². The summed E-state index contributed by atoms with van der Waals surface area (Å²) in [6, 6.07) is 0. The number of nitrogens with zero attached hydrogens (tertiary/aromatic N) is 1. The fraction of sp³-hybridized carbons (Fsp3) is 0.167. The number of thiophene rings is 1. The minimum absolute atomic E-state index is 0.177. The molecule has 13 heavy (non-hydrogen) atoms. The molecule has 1 heterocycles. The van der Waals surface area contributed by atoms with E-state index in [1.54, 1.807) is 0 Å². The van der Waals surface area contributed by atoms with Crippen molar-refractivity contribution in [3.05, 3.63) is 19.9 Å². The van der Waals surface area contributed by atoms with Gasteiger partial charge < -0.3 is 10.8 Å². The van der Waals surface area contributed by atoms with Gasteiger partial charge in [0.05, 0.1) is 9.80 Å². The van der Waals surface area contributed by atoms with Crippen LogP contribution in [0.4, 0.5) is 11.4 Å². The molecule has 1 aromatic rings. The van der Waals surface area contributed by atoms with Crippen molar-refractivity contribution in [2.24, 2.45) is 0 Å². The van der Waals surface area contributed by atoms with E-state index in [-0.39, 0.29) is 16.3 Å². The zero-order valence-corrected chi connectivity index (χ0v) is 7.42. The maximum atomic E-state index is 10.5. The molecule has 7 heteroatoms. The topological polar surface area (TPSA) is 106 Å². The Bertz CT molecular complexity index is 384. The third-order valence-electron chi connectivity index (χ3n) is 1.47. The third-order valence-corrected chi connectivity index (χ3v) is 2.56. The molecule has 3 N–H and O–H groups in total. The predicted molar refractivity (Wildman–Crippen MR) is 47.1 cm³/mol. The van der Waals surface area contributed by atoms with Gasteiger partial charge in [0.15, 0.2) is 0 Å². The molecule has 0 aliphatic rings. The molecule has 0 aliphatic heterocycles. The molecule has 0 unspecified atom stereocenters. The highest BCUT2D eigenvalue weighted by Crippen LogP contribution is 2.36. The summed E-state index contributed by atoms with van der Waals surface area (Å²) >= 11 is 0.811. The fourth-order valence-electron chi connectivity index (χ4n) is 0.939. The lowest BCUT2D eigenvalue weighted by Gasteiger charge is -1.90. The number of nitro groups is 1. The van der Waals surface area contributed by atoms with Gasteiger partial charge in [-0.3, -0.25) is 10.1 Å². The molecule has 0 atom stereocenters. The monoisotopic (exact) mass is 202 g/mol. The van der Waals surface area contributed by atoms with Crippen LogP contribution >= 0.6 is 11.3 Å². The number of aromatic carboxylic acids is 1. The summed E-state index contributed by atoms with van der Waals surface area (Å²) in [5.74, 6) is -1.24. The number of nitrogens with two attached hydrogens (primary N) is 1. The van der Waals surface area contributed by atoms with E-state index >= 15 is 0 Å². The number of nitrogen functional groups attached to an aromatic ring is 1. The first kappa shape index (κ1) is 9.46. The van der Waals surface area contributed by atoms with Gasteiger partial charge in [0.1, 0.15) is 10.6 Å². The maximum Gasteiger partial charge on any atom is 0.348 e. The van der Waals surface area contributed by atoms with Crippen LogP contribution in [-0.4, -0.2) is 16.0 Å². The van der Waals surface area contributed by atoms with Gasteiger partial charge in [0.25, 0.3) is 0 Å². The van der Waals surface area contributed by atoms with Crippen molar-refractivity contribution in [1.29, 1.82) is 0 Å². The SMILES string of the molecule is Cc1sc(C(=O)O)c(N)c1[N+](=O)[O-]. The van der Waals surface area contributed by atoms with Gasteiger partial charge in [0, 0.05) is 0 Å². The van der Waals surface area contributed by atoms with Crippen LogP contribution in [0.25, 0.3) is 0 Å². The van der Waals surface area contributed by atoms with Gasteiger partial charge in [-0.25, -0.2) is 4.79 Å². The number of hydrogen-bond donors (Lipinski definition) is 2. The van der Waals surface area contributed by atoms with Gasteiger partial charge >= 0.3 is 11.7 Å². The molecule has 1 aromatic heterocycles. The average Bonchev–Trinajstić information content (AvgIpc) is 2.26. The minimum atomic E-state index is -1.24. The molecule has 0 fully saturated rings. The van der Waals surface area contributed by atoms with Crippen LogP contribution in [0.1, 0.15) is 14.5 Å². The smallest absolute Gasteiger partial charge is 0.348 e. The van der Waals surface area contributed by atoms with Gasteiger partial charge in [-0.2, -0.15) is 0 Å². The maximum absolute atomic E-state index is 10.5. The number of rotatable bonds is 2. The van der Waals surface area contributed by atoms with E-state index in [0.717, 1.165) is 11.3 Å². The molecule has 70 valence electrons. The van der Waals surface area contributed by atoms with E-state index in [2.05, 4.69) is 0 Å². The van der Waals surface area contributed by atoms with Crippen LogP contribution in [-0.2, 0) is 0 Å². The summed E-state index contributed by atoms with van der Waals surface area (Å²) in [6.45, 7) is 1.46. The van der Waals surface area contributed by atoms with Crippen LogP contribution < -0.4 is 5.73 Å². The number of carbonyl (C=O) groups is 1. The van der Waals surface area contributed by atoms with E-state index in [0.29, 0.717) is 4.88 Å². The van der Waals surface area contributed by atoms with Crippen molar-refractivity contribution in [3.63, 3.8) is 0 Å². The standard InChI is InChI=1S/C6H6N2O4S/c1-2-4(8(11)12)3(7)5(13-2)6(9)10/h7H2,1H3,(H,9,10). The number of hydrogen-bond acceptors (Lipinski definition) is 5. The summed E-state index contributed by atoms with van der Waals surface area (Å²) < 4.78 is 0. The second-order valence-electron chi connectivity index (χ2n) is 2.31. The lowest BCUT2D eigenvalue weighted by atomic mass is 10.3. The number of anilines is 1. The Morgan fingerprint density at radius 1 is 1.69 bits per heavy atom. The van der Waals surface area contributed by atoms with E-state index in [1.807, 2.05) is 0 Å². The minimum Gasteiger partial charge on any atom is -0.477 e. The van der Waals surface area contributed by atoms with Crippen molar-refractivity contribution in [1.82, 2.24) is 0 Å². The highest BCUT2D eigenvalue weighted by atomic mass is 32.1. The lowest BCUT2D eigenvalue weighted by molar-refractivity contribution is -0.384. The number of aryl methyl sites for hydroxylation is 1. The highest BCUT2D eigenvalue weighted by molar-refractivity contribution is 7.15. The van der Waals surface area contributed by atoms with E-state index in [4.69, 9.17) is 10.8 Å². The van der Waals surface area contributed by atoms with Crippen LogP contribution in [0.15, 0.2) is 0 Å². The summed E-state index contributed by atoms with van der Waals surface area (Å²) in [7, 11) is 0. The Labute approximate surface area is 76.8 Å². The van der Waals surface area contributed by atoms with Gasteiger partial charge in [-0.1, -0.05) is 0 Å². The molecule has 0 radical (unpaired) electrons. The van der Waals surface area contributed by atoms with Crippen LogP contribution in [0.5, 0.6) is 0 Å². The second kappa shape index (κ2) is 3.02. The predicted octanol–water partition coefficient (Wildman–Crippen LogP) is 1.25. The normalized spacial score (nSPS) is 9.92. The molecule has 0 amide bonds. The van der Waals surface area contributed by atoms with E-state index in [9.17, 15) is 14.9 Å². The molecule has 1 rings (SSSR count). The molecular formula is C6H6N2O4S. The van der Waals surface area contributed by atoms with E-state index in [1.165, 1.54) is 6.92 Å². The summed E-state index contributed by atoms with van der Waals surface area (Å²) in [4.78, 5) is 20.4. The van der Waals surface area contributed by atoms with Gasteiger partial charge in [-0.05, 0) is 6.92 Å². The summed E-state index contributed by atoms with van der Waals surface area (Å²) in [6.07, 6.45) is 0. The van der Waals surface area contributed by atoms with Crippen LogP contribution in [0.3, 0.4) is 0 Å². The molecule has 0 saturated carbocycles. The lowest BCUT2D eigenvalue weighted by Crippen LogP contribution is -1.99. The zero-order chi connectivity index (χ0) is 10.2. The Kier molecular flexibility index (Phi) is 2.20. The molecule has 0 bridgehead atoms. The third kappa shape index (κ3) is 1.45. The molecular weight excluding hydrogens is 196 g/mol. The van der Waals surface area contributed by atoms with Crippen molar-refractivity contribution < 1.29 is 14.8 Å². The largest absolute Gasteiger partial charge is 0.477 e. The number of carboxylic acids is 1. The van der Waals surface area contributed by atoms with Gasteiger partial charge in [0.2, 0.25) is 0 Å². The summed E-state index contributed by atoms with van der Waals surface area (Å²) in [5.41, 5.74) is 4.73. The summed E-state index contributed by atoms with van der Waals surface area (Å²) in [5, 5.41) is 19.0. The zero-order valence-electron chi connectivity index (χ0n) is 6.60. The molecule has 6 nitrogen and oxygen atoms in total. The van der Waals surface area contributed by atoms with Crippen molar-refractivity contribution in [2.45, 2.75) is 6.92 Å². The quantitative estimate of drug-likeness (QED) is 0.554. The Balaban J connectivity index is 3.39. The first-order valence-electron chi connectivity index (χ1n) is 3.21. The average molecular weight is 202 g/mol. The first-order chi connectivity index (χ1) is 5.95. The van der Waals surface area contributed by atoms with Crippen molar-refractivity contribution >= 4 is 28.7 Å². The molecule has 0 spiro atoms. The van der Waals surface area contributed by atoms with Crippen LogP contribution in [0.2, 0.25) is 0 Å². The fourth-order valence-corrected chi connectivity index (χ4v) is 1.82. The highest BCUT2D eigenvalue weighted by Gasteiger charge is 2.26. The van der Waals surface area contributed by atoms with E-state index < -0.39 is 10.9 Å².